The molecule has 2 saturated heterocycles. The third-order valence-electron chi connectivity index (χ3n) is 3.18. The van der Waals surface area contributed by atoms with Crippen molar-refractivity contribution in [3.05, 3.63) is 0 Å². The zero-order valence-electron chi connectivity index (χ0n) is 6.77. The molecule has 0 amide bonds. The van der Waals surface area contributed by atoms with Gasteiger partial charge in [0.25, 0.3) is 0 Å². The zero-order chi connectivity index (χ0) is 8.01. The van der Waals surface area contributed by atoms with Gasteiger partial charge in [0.1, 0.15) is 0 Å². The number of likely N-dealkylation sites (N-methyl/N-ethyl adjacent to an activating group) is 1. The second-order valence-corrected chi connectivity index (χ2v) is 3.75. The molecule has 0 aliphatic carbocycles. The Labute approximate surface area is 66.6 Å². The third-order valence-corrected chi connectivity index (χ3v) is 3.18. The molecule has 11 heavy (non-hydrogen) atoms. The highest BCUT2D eigenvalue weighted by atomic mass is 16.3. The maximum Gasteiger partial charge on any atom is 0.0711 e. The van der Waals surface area contributed by atoms with Crippen molar-refractivity contribution in [2.45, 2.75) is 43.6 Å². The second kappa shape index (κ2) is 2.44. The molecular formula is C8H15NO2. The largest absolute Gasteiger partial charge is 0.391 e. The summed E-state index contributed by atoms with van der Waals surface area (Å²) < 4.78 is 0. The molecular weight excluding hydrogens is 142 g/mol. The predicted molar refractivity (Wildman–Crippen MR) is 41.2 cm³/mol. The van der Waals surface area contributed by atoms with E-state index in [1.165, 1.54) is 0 Å². The summed E-state index contributed by atoms with van der Waals surface area (Å²) in [7, 11) is 1.99. The summed E-state index contributed by atoms with van der Waals surface area (Å²) in [5.41, 5.74) is 0. The van der Waals surface area contributed by atoms with Gasteiger partial charge in [-0.1, -0.05) is 0 Å². The fourth-order valence-corrected chi connectivity index (χ4v) is 2.45. The first kappa shape index (κ1) is 7.53. The quantitative estimate of drug-likeness (QED) is 0.501. The van der Waals surface area contributed by atoms with Crippen LogP contribution in [0, 0.1) is 0 Å². The van der Waals surface area contributed by atoms with E-state index in [4.69, 9.17) is 0 Å². The fraction of sp³-hybridized carbons (Fsp3) is 1.00. The lowest BCUT2D eigenvalue weighted by atomic mass is 10.0. The van der Waals surface area contributed by atoms with Gasteiger partial charge in [0.2, 0.25) is 0 Å². The Hall–Kier alpha value is -0.120. The average Bonchev–Trinajstić information content (AvgIpc) is 2.12. The molecule has 2 fully saturated rings. The summed E-state index contributed by atoms with van der Waals surface area (Å²) >= 11 is 0. The maximum absolute atomic E-state index is 9.53. The van der Waals surface area contributed by atoms with Crippen molar-refractivity contribution in [1.82, 2.24) is 4.90 Å². The van der Waals surface area contributed by atoms with Crippen LogP contribution in [0.1, 0.15) is 19.3 Å². The first-order valence-electron chi connectivity index (χ1n) is 4.28. The van der Waals surface area contributed by atoms with Crippen LogP contribution in [0.2, 0.25) is 0 Å². The van der Waals surface area contributed by atoms with Gasteiger partial charge in [-0.2, -0.15) is 0 Å². The number of fused-ring (bicyclic) bond motifs is 2. The van der Waals surface area contributed by atoms with E-state index >= 15 is 0 Å². The lowest BCUT2D eigenvalue weighted by Gasteiger charge is -2.34. The van der Waals surface area contributed by atoms with Crippen LogP contribution < -0.4 is 0 Å². The Morgan fingerprint density at radius 1 is 1.09 bits per heavy atom. The minimum atomic E-state index is -0.214. The molecule has 0 spiro atoms. The lowest BCUT2D eigenvalue weighted by molar-refractivity contribution is 0.0212. The lowest BCUT2D eigenvalue weighted by Crippen LogP contribution is -2.45. The van der Waals surface area contributed by atoms with E-state index in [9.17, 15) is 10.2 Å². The Morgan fingerprint density at radius 2 is 1.82 bits per heavy atom. The molecule has 0 unspecified atom stereocenters. The summed E-state index contributed by atoms with van der Waals surface area (Å²) in [6.45, 7) is 0. The molecule has 2 N–H and O–H groups in total. The molecule has 2 rings (SSSR count). The van der Waals surface area contributed by atoms with Gasteiger partial charge in [-0.25, -0.2) is 0 Å². The summed E-state index contributed by atoms with van der Waals surface area (Å²) in [5, 5.41) is 19.1. The molecule has 0 saturated carbocycles. The van der Waals surface area contributed by atoms with Gasteiger partial charge in [0.15, 0.2) is 0 Å². The summed E-state index contributed by atoms with van der Waals surface area (Å²) in [5.74, 6) is 0. The number of hydrogen-bond donors (Lipinski definition) is 2. The summed E-state index contributed by atoms with van der Waals surface area (Å²) in [6.07, 6.45) is 2.13. The van der Waals surface area contributed by atoms with Crippen molar-refractivity contribution in [3.63, 3.8) is 0 Å². The van der Waals surface area contributed by atoms with Crippen molar-refractivity contribution in [3.8, 4) is 0 Å². The van der Waals surface area contributed by atoms with E-state index in [0.29, 0.717) is 6.04 Å². The van der Waals surface area contributed by atoms with Gasteiger partial charge < -0.3 is 10.2 Å². The number of rotatable bonds is 0. The minimum absolute atomic E-state index is 0.206. The van der Waals surface area contributed by atoms with E-state index in [-0.39, 0.29) is 18.2 Å². The predicted octanol–water partition coefficient (Wildman–Crippen LogP) is -0.425. The van der Waals surface area contributed by atoms with Crippen LogP contribution in [-0.4, -0.2) is 46.5 Å². The molecule has 2 bridgehead atoms. The van der Waals surface area contributed by atoms with Crippen LogP contribution in [0.15, 0.2) is 0 Å². The average molecular weight is 157 g/mol. The van der Waals surface area contributed by atoms with E-state index in [1.807, 2.05) is 7.05 Å². The Kier molecular flexibility index (Phi) is 1.67. The third kappa shape index (κ3) is 0.991. The highest BCUT2D eigenvalue weighted by molar-refractivity contribution is 4.99. The standard InChI is InChI=1S/C8H15NO2/c1-9-5-2-3-7(10)6(9)4-8(5)11/h5-8,10-11H,2-4H2,1H3/t5-,6-,7-,8-/m0/s1. The van der Waals surface area contributed by atoms with E-state index < -0.39 is 0 Å². The van der Waals surface area contributed by atoms with Crippen molar-refractivity contribution in [2.75, 3.05) is 7.05 Å². The topological polar surface area (TPSA) is 43.7 Å². The highest BCUT2D eigenvalue weighted by Gasteiger charge is 2.44. The number of hydrogen-bond acceptors (Lipinski definition) is 3. The second-order valence-electron chi connectivity index (χ2n) is 3.75. The molecule has 64 valence electrons. The Balaban J connectivity index is 2.17. The van der Waals surface area contributed by atoms with Crippen LogP contribution in [0.25, 0.3) is 0 Å². The smallest absolute Gasteiger partial charge is 0.0711 e. The first-order chi connectivity index (χ1) is 5.20. The molecule has 3 nitrogen and oxygen atoms in total. The normalized spacial score (nSPS) is 51.5. The van der Waals surface area contributed by atoms with Crippen LogP contribution >= 0.6 is 0 Å². The van der Waals surface area contributed by atoms with Crippen LogP contribution in [0.3, 0.4) is 0 Å². The monoisotopic (exact) mass is 157 g/mol. The van der Waals surface area contributed by atoms with Gasteiger partial charge >= 0.3 is 0 Å². The highest BCUT2D eigenvalue weighted by Crippen LogP contribution is 2.34. The first-order valence-corrected chi connectivity index (χ1v) is 4.28. The van der Waals surface area contributed by atoms with E-state index in [1.54, 1.807) is 0 Å². The number of aliphatic hydroxyl groups is 2. The fourth-order valence-electron chi connectivity index (χ4n) is 2.45. The van der Waals surface area contributed by atoms with Gasteiger partial charge in [-0.3, -0.25) is 4.90 Å². The molecule has 2 aliphatic heterocycles. The molecule has 4 atom stereocenters. The Morgan fingerprint density at radius 3 is 2.45 bits per heavy atom. The van der Waals surface area contributed by atoms with Crippen LogP contribution in [-0.2, 0) is 0 Å². The van der Waals surface area contributed by atoms with Gasteiger partial charge in [-0.15, -0.1) is 0 Å². The summed E-state index contributed by atoms with van der Waals surface area (Å²) in [4.78, 5) is 2.12. The number of piperidine rings is 1. The molecule has 0 aromatic rings. The van der Waals surface area contributed by atoms with E-state index in [2.05, 4.69) is 4.90 Å². The van der Waals surface area contributed by atoms with Gasteiger partial charge in [0.05, 0.1) is 12.2 Å². The molecule has 0 aromatic carbocycles. The van der Waals surface area contributed by atoms with Crippen molar-refractivity contribution in [1.29, 1.82) is 0 Å². The van der Waals surface area contributed by atoms with Crippen LogP contribution in [0.5, 0.6) is 0 Å². The molecule has 2 aliphatic rings. The van der Waals surface area contributed by atoms with Crippen molar-refractivity contribution >= 4 is 0 Å². The molecule has 0 aromatic heterocycles. The SMILES string of the molecule is CN1[C@H]2CC[C@H](O)[C@@H]1C[C@@H]2O. The van der Waals surface area contributed by atoms with E-state index in [0.717, 1.165) is 19.3 Å². The van der Waals surface area contributed by atoms with Gasteiger partial charge in [0, 0.05) is 12.1 Å². The molecule has 0 radical (unpaired) electrons. The van der Waals surface area contributed by atoms with Crippen LogP contribution in [0.4, 0.5) is 0 Å². The van der Waals surface area contributed by atoms with Gasteiger partial charge in [-0.05, 0) is 26.3 Å². The summed E-state index contributed by atoms with van der Waals surface area (Å²) in [6, 6.07) is 0.521. The van der Waals surface area contributed by atoms with Crippen molar-refractivity contribution < 1.29 is 10.2 Å². The zero-order valence-corrected chi connectivity index (χ0v) is 6.77. The molecule has 3 heteroatoms. The number of nitrogens with zero attached hydrogens (tertiary/aromatic N) is 1. The Bertz CT molecular complexity index is 162. The maximum atomic E-state index is 9.53. The number of aliphatic hydroxyl groups excluding tert-OH is 2. The minimum Gasteiger partial charge on any atom is -0.391 e. The molecule has 2 heterocycles. The van der Waals surface area contributed by atoms with Crippen molar-refractivity contribution in [2.24, 2.45) is 0 Å².